The summed E-state index contributed by atoms with van der Waals surface area (Å²) in [6.45, 7) is 1.78. The van der Waals surface area contributed by atoms with E-state index in [2.05, 4.69) is 20.8 Å². The lowest BCUT2D eigenvalue weighted by molar-refractivity contribution is 0.217. The molecule has 1 aromatic rings. The van der Waals surface area contributed by atoms with E-state index < -0.39 is 0 Å². The van der Waals surface area contributed by atoms with Gasteiger partial charge in [0, 0.05) is 39.9 Å². The van der Waals surface area contributed by atoms with Crippen LogP contribution < -0.4 is 16.4 Å². The van der Waals surface area contributed by atoms with Crippen LogP contribution in [0.5, 0.6) is 0 Å². The number of aromatic nitrogens is 1. The number of amides is 2. The number of nitrogens with zero attached hydrogens (tertiary/aromatic N) is 3. The first kappa shape index (κ1) is 15.7. The molecule has 0 saturated heterocycles. The van der Waals surface area contributed by atoms with E-state index in [-0.39, 0.29) is 11.9 Å². The molecule has 2 amide bonds. The monoisotopic (exact) mass is 280 g/mol. The third kappa shape index (κ3) is 5.11. The third-order valence-electron chi connectivity index (χ3n) is 2.51. The van der Waals surface area contributed by atoms with Gasteiger partial charge in [-0.2, -0.15) is 0 Å². The van der Waals surface area contributed by atoms with Gasteiger partial charge in [0.1, 0.15) is 5.69 Å². The van der Waals surface area contributed by atoms with Crippen LogP contribution in [0.25, 0.3) is 0 Å². The molecule has 0 aromatic carbocycles. The molecule has 8 heteroatoms. The summed E-state index contributed by atoms with van der Waals surface area (Å²) in [5.41, 5.74) is 6.85. The molecule has 0 spiro atoms. The van der Waals surface area contributed by atoms with Crippen LogP contribution in [0.4, 0.5) is 4.79 Å². The molecule has 0 atom stereocenters. The molecule has 0 aliphatic heterocycles. The number of urea groups is 1. The third-order valence-corrected chi connectivity index (χ3v) is 2.51. The summed E-state index contributed by atoms with van der Waals surface area (Å²) in [7, 11) is 3.38. The highest BCUT2D eigenvalue weighted by molar-refractivity contribution is 5.95. The van der Waals surface area contributed by atoms with Crippen molar-refractivity contribution in [3.63, 3.8) is 0 Å². The van der Waals surface area contributed by atoms with Gasteiger partial charge in [-0.25, -0.2) is 4.79 Å². The largest absolute Gasteiger partial charge is 0.409 e. The van der Waals surface area contributed by atoms with E-state index in [9.17, 15) is 4.79 Å². The summed E-state index contributed by atoms with van der Waals surface area (Å²) in [6.07, 6.45) is 1.60. The Morgan fingerprint density at radius 1 is 1.50 bits per heavy atom. The highest BCUT2D eigenvalue weighted by atomic mass is 16.4. The summed E-state index contributed by atoms with van der Waals surface area (Å²) in [6, 6.07) is 3.45. The fourth-order valence-electron chi connectivity index (χ4n) is 1.42. The Kier molecular flexibility index (Phi) is 6.24. The number of rotatable bonds is 6. The molecular weight excluding hydrogens is 260 g/mol. The molecule has 0 radical (unpaired) electrons. The van der Waals surface area contributed by atoms with E-state index in [1.807, 2.05) is 6.07 Å². The van der Waals surface area contributed by atoms with Crippen LogP contribution in [0.3, 0.4) is 0 Å². The van der Waals surface area contributed by atoms with E-state index in [0.717, 1.165) is 5.56 Å². The van der Waals surface area contributed by atoms with Crippen LogP contribution in [-0.2, 0) is 6.54 Å². The van der Waals surface area contributed by atoms with Crippen LogP contribution in [0.15, 0.2) is 23.5 Å². The number of carbonyl (C=O) groups excluding carboxylic acids is 1. The maximum Gasteiger partial charge on any atom is 0.316 e. The van der Waals surface area contributed by atoms with E-state index >= 15 is 0 Å². The zero-order valence-electron chi connectivity index (χ0n) is 11.6. The maximum atomic E-state index is 11.3. The second-order valence-electron chi connectivity index (χ2n) is 4.34. The first-order valence-corrected chi connectivity index (χ1v) is 6.13. The van der Waals surface area contributed by atoms with Crippen molar-refractivity contribution in [3.8, 4) is 0 Å². The van der Waals surface area contributed by atoms with Crippen molar-refractivity contribution in [1.82, 2.24) is 20.5 Å². The molecule has 0 aliphatic rings. The highest BCUT2D eigenvalue weighted by Crippen LogP contribution is 2.01. The van der Waals surface area contributed by atoms with Crippen molar-refractivity contribution in [2.24, 2.45) is 10.9 Å². The fraction of sp³-hybridized carbons (Fsp3) is 0.417. The summed E-state index contributed by atoms with van der Waals surface area (Å²) in [5, 5.41) is 17.4. The van der Waals surface area contributed by atoms with E-state index in [1.54, 1.807) is 26.4 Å². The Hall–Kier alpha value is -2.35. The summed E-state index contributed by atoms with van der Waals surface area (Å²) in [4.78, 5) is 16.7. The molecule has 1 rings (SSSR count). The number of hydrogen-bond donors (Lipinski definition) is 4. The van der Waals surface area contributed by atoms with Gasteiger partial charge in [-0.1, -0.05) is 5.16 Å². The molecule has 0 unspecified atom stereocenters. The fourth-order valence-corrected chi connectivity index (χ4v) is 1.42. The van der Waals surface area contributed by atoms with Gasteiger partial charge in [-0.3, -0.25) is 4.98 Å². The molecule has 110 valence electrons. The number of pyridine rings is 1. The molecule has 0 saturated carbocycles. The molecule has 5 N–H and O–H groups in total. The molecule has 0 aliphatic carbocycles. The van der Waals surface area contributed by atoms with Crippen molar-refractivity contribution < 1.29 is 10.0 Å². The number of nitrogens with one attached hydrogen (secondary N) is 2. The molecule has 8 nitrogen and oxygen atoms in total. The van der Waals surface area contributed by atoms with Crippen molar-refractivity contribution in [2.75, 3.05) is 27.2 Å². The standard InChI is InChI=1S/C12H20N6O2/c1-18(2)12(19)16-6-5-14-8-9-3-4-15-10(7-9)11(13)17-20/h3-4,7,14,20H,5-6,8H2,1-2H3,(H2,13,17)(H,16,19). The minimum atomic E-state index is -0.120. The lowest BCUT2D eigenvalue weighted by atomic mass is 10.2. The van der Waals surface area contributed by atoms with Gasteiger partial charge >= 0.3 is 6.03 Å². The Balaban J connectivity index is 2.34. The van der Waals surface area contributed by atoms with Crippen LogP contribution in [0, 0.1) is 0 Å². The second-order valence-corrected chi connectivity index (χ2v) is 4.34. The molecule has 0 bridgehead atoms. The smallest absolute Gasteiger partial charge is 0.316 e. The van der Waals surface area contributed by atoms with Crippen LogP contribution >= 0.6 is 0 Å². The van der Waals surface area contributed by atoms with Gasteiger partial charge in [0.05, 0.1) is 0 Å². The van der Waals surface area contributed by atoms with Crippen LogP contribution in [0.1, 0.15) is 11.3 Å². The van der Waals surface area contributed by atoms with Gasteiger partial charge in [0.2, 0.25) is 0 Å². The topological polar surface area (TPSA) is 116 Å². The lowest BCUT2D eigenvalue weighted by Gasteiger charge is -2.12. The van der Waals surface area contributed by atoms with Crippen molar-refractivity contribution in [3.05, 3.63) is 29.6 Å². The van der Waals surface area contributed by atoms with Crippen molar-refractivity contribution in [2.45, 2.75) is 6.54 Å². The van der Waals surface area contributed by atoms with Gasteiger partial charge < -0.3 is 26.5 Å². The quantitative estimate of drug-likeness (QED) is 0.185. The Morgan fingerprint density at radius 3 is 2.90 bits per heavy atom. The number of carbonyl (C=O) groups is 1. The molecule has 0 fully saturated rings. The van der Waals surface area contributed by atoms with Crippen LogP contribution in [-0.4, -0.2) is 54.1 Å². The Labute approximate surface area is 117 Å². The number of hydrogen-bond acceptors (Lipinski definition) is 5. The molecule has 1 aromatic heterocycles. The average Bonchev–Trinajstić information content (AvgIpc) is 2.46. The zero-order chi connectivity index (χ0) is 15.0. The van der Waals surface area contributed by atoms with Gasteiger partial charge in [0.15, 0.2) is 5.84 Å². The normalized spacial score (nSPS) is 11.2. The maximum absolute atomic E-state index is 11.3. The average molecular weight is 280 g/mol. The molecule has 20 heavy (non-hydrogen) atoms. The predicted molar refractivity (Wildman–Crippen MR) is 75.5 cm³/mol. The van der Waals surface area contributed by atoms with E-state index in [4.69, 9.17) is 10.9 Å². The first-order chi connectivity index (χ1) is 9.54. The first-order valence-electron chi connectivity index (χ1n) is 6.13. The number of nitrogens with two attached hydrogens (primary N) is 1. The second kappa shape index (κ2) is 7.95. The summed E-state index contributed by atoms with van der Waals surface area (Å²) < 4.78 is 0. The minimum absolute atomic E-state index is 0.0231. The molecular formula is C12H20N6O2. The van der Waals surface area contributed by atoms with Gasteiger partial charge in [-0.15, -0.1) is 0 Å². The van der Waals surface area contributed by atoms with Gasteiger partial charge in [0.25, 0.3) is 0 Å². The summed E-state index contributed by atoms with van der Waals surface area (Å²) in [5.74, 6) is -0.0231. The Morgan fingerprint density at radius 2 is 2.25 bits per heavy atom. The lowest BCUT2D eigenvalue weighted by Crippen LogP contribution is -2.38. The van der Waals surface area contributed by atoms with Crippen LogP contribution in [0.2, 0.25) is 0 Å². The minimum Gasteiger partial charge on any atom is -0.409 e. The van der Waals surface area contributed by atoms with Crippen molar-refractivity contribution >= 4 is 11.9 Å². The highest BCUT2D eigenvalue weighted by Gasteiger charge is 2.03. The van der Waals surface area contributed by atoms with Gasteiger partial charge in [-0.05, 0) is 17.7 Å². The predicted octanol–water partition coefficient (Wildman–Crippen LogP) is -0.463. The zero-order valence-corrected chi connectivity index (χ0v) is 11.6. The van der Waals surface area contributed by atoms with E-state index in [1.165, 1.54) is 4.90 Å². The van der Waals surface area contributed by atoms with E-state index in [0.29, 0.717) is 25.3 Å². The molecule has 1 heterocycles. The Bertz CT molecular complexity index is 475. The number of amidine groups is 1. The SMILES string of the molecule is CN(C)C(=O)NCCNCc1ccnc(/C(N)=N/O)c1. The van der Waals surface area contributed by atoms with Crippen molar-refractivity contribution in [1.29, 1.82) is 0 Å². The summed E-state index contributed by atoms with van der Waals surface area (Å²) >= 11 is 0. The number of oxime groups is 1.